The summed E-state index contributed by atoms with van der Waals surface area (Å²) in [5.41, 5.74) is 6.29. The second-order valence-corrected chi connectivity index (χ2v) is 9.56. The van der Waals surface area contributed by atoms with Crippen molar-refractivity contribution in [3.05, 3.63) is 60.3 Å². The van der Waals surface area contributed by atoms with Crippen LogP contribution in [0.5, 0.6) is 11.5 Å². The van der Waals surface area contributed by atoms with Gasteiger partial charge in [-0.1, -0.05) is 6.07 Å². The average Bonchev–Trinajstić information content (AvgIpc) is 3.47. The fourth-order valence-corrected chi connectivity index (χ4v) is 5.27. The Kier molecular flexibility index (Phi) is 6.66. The Hall–Kier alpha value is -3.83. The monoisotopic (exact) mass is 509 g/mol. The van der Waals surface area contributed by atoms with Crippen molar-refractivity contribution in [2.24, 2.45) is 12.8 Å². The molecule has 3 aromatic heterocycles. The lowest BCUT2D eigenvalue weighted by molar-refractivity contribution is -0.154. The van der Waals surface area contributed by atoms with Gasteiger partial charge in [-0.15, -0.1) is 11.3 Å². The summed E-state index contributed by atoms with van der Waals surface area (Å²) in [6.07, 6.45) is 6.13. The molecule has 1 aliphatic heterocycles. The third kappa shape index (κ3) is 4.79. The predicted octanol–water partition coefficient (Wildman–Crippen LogP) is 3.49. The Morgan fingerprint density at radius 2 is 1.97 bits per heavy atom. The zero-order chi connectivity index (χ0) is 25.2. The smallest absolute Gasteiger partial charge is 0.323 e. The van der Waals surface area contributed by atoms with Gasteiger partial charge in [0, 0.05) is 31.7 Å². The number of aryl methyl sites for hydroxylation is 1. The highest BCUT2D eigenvalue weighted by atomic mass is 32.1. The van der Waals surface area contributed by atoms with Gasteiger partial charge < -0.3 is 25.1 Å². The Labute approximate surface area is 210 Å². The van der Waals surface area contributed by atoms with Crippen LogP contribution in [0.25, 0.3) is 20.9 Å². The van der Waals surface area contributed by atoms with Gasteiger partial charge in [0.1, 0.15) is 17.7 Å². The molecule has 36 heavy (non-hydrogen) atoms. The minimum Gasteiger partial charge on any atom is -0.461 e. The first kappa shape index (κ1) is 23.9. The van der Waals surface area contributed by atoms with Crippen molar-refractivity contribution >= 4 is 33.4 Å². The summed E-state index contributed by atoms with van der Waals surface area (Å²) in [7, 11) is 1.90. The van der Waals surface area contributed by atoms with E-state index in [9.17, 15) is 9.59 Å². The predicted molar refractivity (Wildman–Crippen MR) is 132 cm³/mol. The number of hydrogen-bond acceptors (Lipinski definition) is 8. The number of hydrogen-bond donors (Lipinski definition) is 2. The van der Waals surface area contributed by atoms with Crippen LogP contribution in [-0.4, -0.2) is 45.6 Å². The molecule has 4 aromatic rings. The first-order valence-corrected chi connectivity index (χ1v) is 12.3. The van der Waals surface area contributed by atoms with Gasteiger partial charge >= 0.3 is 5.97 Å². The third-order valence-corrected chi connectivity index (χ3v) is 7.15. The summed E-state index contributed by atoms with van der Waals surface area (Å²) in [6.45, 7) is 1.44. The number of aromatic nitrogens is 3. The largest absolute Gasteiger partial charge is 0.461 e. The van der Waals surface area contributed by atoms with E-state index in [2.05, 4.69) is 15.3 Å². The standard InChI is InChI=1S/C25H24FN5O4S/c1-31-11-10-30-24(31)20-13-17-22(36-20)19(6-9-29-17)35-18-3-2-14(12-16(18)26)21(23(27)32)25(33)34-15-4-7-28-8-5-15/h2-3,6,9-13,15,21,28H,4-5,7-8H2,1H3,(H2,27,32). The maximum Gasteiger partial charge on any atom is 0.323 e. The number of imidazole rings is 1. The number of halogens is 1. The van der Waals surface area contributed by atoms with Crippen LogP contribution in [0, 0.1) is 5.82 Å². The number of nitrogens with two attached hydrogens (primary N) is 1. The molecule has 5 rings (SSSR count). The third-order valence-electron chi connectivity index (χ3n) is 6.02. The molecule has 11 heteroatoms. The topological polar surface area (TPSA) is 121 Å². The van der Waals surface area contributed by atoms with E-state index in [1.54, 1.807) is 18.5 Å². The molecule has 3 N–H and O–H groups in total. The molecule has 1 amide bonds. The number of carbonyl (C=O) groups is 2. The van der Waals surface area contributed by atoms with Crippen LogP contribution in [0.3, 0.4) is 0 Å². The molecule has 1 saturated heterocycles. The summed E-state index contributed by atoms with van der Waals surface area (Å²) in [6, 6.07) is 7.46. The van der Waals surface area contributed by atoms with Gasteiger partial charge in [0.2, 0.25) is 5.91 Å². The summed E-state index contributed by atoms with van der Waals surface area (Å²) in [5.74, 6) is -2.68. The molecule has 0 radical (unpaired) electrons. The van der Waals surface area contributed by atoms with Crippen molar-refractivity contribution in [2.45, 2.75) is 24.9 Å². The number of amides is 1. The van der Waals surface area contributed by atoms with Crippen molar-refractivity contribution < 1.29 is 23.5 Å². The minimum atomic E-state index is -1.41. The SMILES string of the molecule is Cn1ccnc1-c1cc2nccc(Oc3ccc(C(C(N)=O)C(=O)OC4CCNCC4)cc3F)c2s1. The highest BCUT2D eigenvalue weighted by molar-refractivity contribution is 7.22. The second-order valence-electron chi connectivity index (χ2n) is 8.51. The molecule has 1 unspecified atom stereocenters. The number of esters is 1. The van der Waals surface area contributed by atoms with E-state index in [0.29, 0.717) is 24.1 Å². The van der Waals surface area contributed by atoms with Gasteiger partial charge in [0.05, 0.1) is 15.1 Å². The molecular formula is C25H24FN5O4S. The normalized spacial score (nSPS) is 15.1. The van der Waals surface area contributed by atoms with E-state index in [1.165, 1.54) is 23.5 Å². The molecule has 0 spiro atoms. The Balaban J connectivity index is 1.39. The Bertz CT molecular complexity index is 1430. The number of thiophene rings is 1. The summed E-state index contributed by atoms with van der Waals surface area (Å²) >= 11 is 1.43. The van der Waals surface area contributed by atoms with E-state index >= 15 is 4.39 Å². The number of rotatable bonds is 7. The maximum atomic E-state index is 15.1. The lowest BCUT2D eigenvalue weighted by atomic mass is 9.98. The van der Waals surface area contributed by atoms with Crippen LogP contribution in [-0.2, 0) is 21.4 Å². The van der Waals surface area contributed by atoms with Gasteiger partial charge in [-0.3, -0.25) is 14.6 Å². The first-order valence-electron chi connectivity index (χ1n) is 11.4. The van der Waals surface area contributed by atoms with Gasteiger partial charge in [0.25, 0.3) is 0 Å². The molecule has 0 bridgehead atoms. The van der Waals surface area contributed by atoms with Crippen molar-refractivity contribution in [3.8, 4) is 22.2 Å². The maximum absolute atomic E-state index is 15.1. The van der Waals surface area contributed by atoms with Gasteiger partial charge in [-0.2, -0.15) is 0 Å². The van der Waals surface area contributed by atoms with E-state index < -0.39 is 23.6 Å². The lowest BCUT2D eigenvalue weighted by Gasteiger charge is -2.24. The van der Waals surface area contributed by atoms with Crippen molar-refractivity contribution in [2.75, 3.05) is 13.1 Å². The molecule has 0 aliphatic carbocycles. The number of carbonyl (C=O) groups excluding carboxylic acids is 2. The number of piperidine rings is 1. The van der Waals surface area contributed by atoms with Crippen molar-refractivity contribution in [1.29, 1.82) is 0 Å². The molecule has 0 saturated carbocycles. The molecule has 1 aromatic carbocycles. The van der Waals surface area contributed by atoms with Crippen molar-refractivity contribution in [3.63, 3.8) is 0 Å². The fraction of sp³-hybridized carbons (Fsp3) is 0.280. The highest BCUT2D eigenvalue weighted by Crippen LogP contribution is 2.39. The molecule has 9 nitrogen and oxygen atoms in total. The highest BCUT2D eigenvalue weighted by Gasteiger charge is 2.31. The molecule has 186 valence electrons. The van der Waals surface area contributed by atoms with Gasteiger partial charge in [-0.25, -0.2) is 9.37 Å². The Morgan fingerprint density at radius 3 is 2.67 bits per heavy atom. The Morgan fingerprint density at radius 1 is 1.17 bits per heavy atom. The zero-order valence-corrected chi connectivity index (χ0v) is 20.3. The van der Waals surface area contributed by atoms with E-state index in [-0.39, 0.29) is 17.4 Å². The second kappa shape index (κ2) is 10.0. The number of nitrogens with one attached hydrogen (secondary N) is 1. The summed E-state index contributed by atoms with van der Waals surface area (Å²) in [4.78, 5) is 34.4. The van der Waals surface area contributed by atoms with Crippen LogP contribution in [0.4, 0.5) is 4.39 Å². The lowest BCUT2D eigenvalue weighted by Crippen LogP contribution is -2.37. The summed E-state index contributed by atoms with van der Waals surface area (Å²) in [5, 5.41) is 3.17. The number of pyridine rings is 1. The number of ether oxygens (including phenoxy) is 2. The number of nitrogens with zero attached hydrogens (tertiary/aromatic N) is 3. The zero-order valence-electron chi connectivity index (χ0n) is 19.4. The number of primary amides is 1. The number of fused-ring (bicyclic) bond motifs is 1. The summed E-state index contributed by atoms with van der Waals surface area (Å²) < 4.78 is 29.1. The number of benzene rings is 1. The molecular weight excluding hydrogens is 485 g/mol. The average molecular weight is 510 g/mol. The fourth-order valence-electron chi connectivity index (χ4n) is 4.17. The molecule has 1 aliphatic rings. The van der Waals surface area contributed by atoms with Gasteiger partial charge in [-0.05, 0) is 49.7 Å². The van der Waals surface area contributed by atoms with Gasteiger partial charge in [0.15, 0.2) is 17.5 Å². The molecule has 1 atom stereocenters. The van der Waals surface area contributed by atoms with Crippen molar-refractivity contribution in [1.82, 2.24) is 19.9 Å². The molecule has 4 heterocycles. The quantitative estimate of drug-likeness (QED) is 0.289. The minimum absolute atomic E-state index is 0.0619. The van der Waals surface area contributed by atoms with E-state index in [4.69, 9.17) is 15.2 Å². The van der Waals surface area contributed by atoms with Crippen LogP contribution in [0.1, 0.15) is 24.3 Å². The van der Waals surface area contributed by atoms with Crippen LogP contribution >= 0.6 is 11.3 Å². The van der Waals surface area contributed by atoms with Crippen LogP contribution in [0.2, 0.25) is 0 Å². The van der Waals surface area contributed by atoms with Crippen LogP contribution in [0.15, 0.2) is 48.9 Å². The van der Waals surface area contributed by atoms with E-state index in [0.717, 1.165) is 34.6 Å². The molecule has 1 fully saturated rings. The van der Waals surface area contributed by atoms with E-state index in [1.807, 2.05) is 23.9 Å². The first-order chi connectivity index (χ1) is 17.4. The van der Waals surface area contributed by atoms with Crippen LogP contribution < -0.4 is 15.8 Å².